The van der Waals surface area contributed by atoms with Gasteiger partial charge in [0, 0.05) is 0 Å². The van der Waals surface area contributed by atoms with E-state index < -0.39 is 72.9 Å². The largest absolute Gasteiger partial charge is 0.475 e. The summed E-state index contributed by atoms with van der Waals surface area (Å²) in [5.41, 5.74) is 11.2. The minimum Gasteiger partial charge on any atom is -0.475 e. The Morgan fingerprint density at radius 2 is 1.58 bits per heavy atom. The lowest BCUT2D eigenvalue weighted by Crippen LogP contribution is -2.66. The molecule has 1 heterocycles. The number of nitrogens with zero attached hydrogens (tertiary/aromatic N) is 1. The normalized spacial score (nSPS) is 47.6. The molecule has 0 amide bonds. The van der Waals surface area contributed by atoms with Gasteiger partial charge >= 0.3 is 5.97 Å². The molecule has 0 radical (unpaired) electrons. The number of aliphatic hydroxyl groups excluding tert-OH is 5. The van der Waals surface area contributed by atoms with Crippen LogP contribution in [-0.4, -0.2) is 104 Å². The number of aliphatic hydroxyl groups is 5. The van der Waals surface area contributed by atoms with Crippen LogP contribution in [0.25, 0.3) is 0 Å². The van der Waals surface area contributed by atoms with Crippen molar-refractivity contribution in [3.8, 4) is 0 Å². The molecule has 0 aromatic rings. The number of hydrogen-bond acceptors (Lipinski definition) is 10. The zero-order valence-corrected chi connectivity index (χ0v) is 14.0. The summed E-state index contributed by atoms with van der Waals surface area (Å²) < 4.78 is 11.0. The molecule has 2 unspecified atom stereocenters. The third kappa shape index (κ3) is 4.13. The molecule has 1 saturated carbocycles. The SMILES string of the molecule is C[C@H]1O[C@@H](OC2[C@@H](O)[C@@H](O)C(O)[C@H](O)[C@H]2O)[C@@H](N)C[C@@H]1N=C(N)C(=O)O. The summed E-state index contributed by atoms with van der Waals surface area (Å²) in [6.07, 6.45) is -11.7. The molecule has 0 aromatic heterocycles. The van der Waals surface area contributed by atoms with Gasteiger partial charge in [-0.2, -0.15) is 0 Å². The number of aliphatic carboxylic acids is 1. The number of ether oxygens (including phenoxy) is 2. The summed E-state index contributed by atoms with van der Waals surface area (Å²) in [6, 6.07) is -1.46. The van der Waals surface area contributed by atoms with E-state index in [4.69, 9.17) is 26.0 Å². The molecule has 2 rings (SSSR count). The summed E-state index contributed by atoms with van der Waals surface area (Å²) in [6.45, 7) is 1.59. The van der Waals surface area contributed by atoms with E-state index in [2.05, 4.69) is 4.99 Å². The maximum Gasteiger partial charge on any atom is 0.370 e. The Balaban J connectivity index is 2.07. The first-order valence-corrected chi connectivity index (χ1v) is 8.08. The smallest absolute Gasteiger partial charge is 0.370 e. The summed E-state index contributed by atoms with van der Waals surface area (Å²) in [5.74, 6) is -1.96. The van der Waals surface area contributed by atoms with Crippen LogP contribution >= 0.6 is 0 Å². The number of nitrogens with two attached hydrogens (primary N) is 2. The predicted octanol–water partition coefficient (Wildman–Crippen LogP) is -4.54. The maximum atomic E-state index is 10.8. The quantitative estimate of drug-likeness (QED) is 0.172. The average Bonchev–Trinajstić information content (AvgIpc) is 2.58. The molecule has 0 aromatic carbocycles. The van der Waals surface area contributed by atoms with Gasteiger partial charge in [0.25, 0.3) is 0 Å². The van der Waals surface area contributed by atoms with E-state index in [-0.39, 0.29) is 6.42 Å². The van der Waals surface area contributed by atoms with Crippen molar-refractivity contribution in [2.24, 2.45) is 16.5 Å². The molecule has 150 valence electrons. The van der Waals surface area contributed by atoms with Gasteiger partial charge in [0.2, 0.25) is 5.84 Å². The molecule has 12 heteroatoms. The zero-order valence-electron chi connectivity index (χ0n) is 14.0. The fourth-order valence-corrected chi connectivity index (χ4v) is 3.02. The Morgan fingerprint density at radius 3 is 2.08 bits per heavy atom. The second kappa shape index (κ2) is 8.10. The Hall–Kier alpha value is -1.38. The van der Waals surface area contributed by atoms with Crippen LogP contribution in [0, 0.1) is 0 Å². The molecule has 10 N–H and O–H groups in total. The van der Waals surface area contributed by atoms with Crippen LogP contribution in [-0.2, 0) is 14.3 Å². The monoisotopic (exact) mass is 379 g/mol. The molecule has 1 aliphatic carbocycles. The van der Waals surface area contributed by atoms with Crippen LogP contribution < -0.4 is 11.5 Å². The van der Waals surface area contributed by atoms with Crippen LogP contribution in [0.1, 0.15) is 13.3 Å². The minimum atomic E-state index is -1.74. The van der Waals surface area contributed by atoms with E-state index >= 15 is 0 Å². The number of carboxylic acids is 1. The van der Waals surface area contributed by atoms with E-state index in [1.165, 1.54) is 0 Å². The summed E-state index contributed by atoms with van der Waals surface area (Å²) >= 11 is 0. The zero-order chi connectivity index (χ0) is 19.8. The minimum absolute atomic E-state index is 0.145. The fraction of sp³-hybridized carbons (Fsp3) is 0.857. The van der Waals surface area contributed by atoms with Crippen LogP contribution in [0.4, 0.5) is 0 Å². The lowest BCUT2D eigenvalue weighted by molar-refractivity contribution is -0.293. The molecule has 0 bridgehead atoms. The van der Waals surface area contributed by atoms with Crippen LogP contribution in [0.3, 0.4) is 0 Å². The molecule has 2 aliphatic rings. The van der Waals surface area contributed by atoms with Crippen molar-refractivity contribution in [2.45, 2.75) is 74.4 Å². The van der Waals surface area contributed by atoms with E-state index in [0.717, 1.165) is 0 Å². The van der Waals surface area contributed by atoms with E-state index in [0.29, 0.717) is 0 Å². The molecule has 0 spiro atoms. The number of carboxylic acid groups (broad SMARTS) is 1. The molecule has 26 heavy (non-hydrogen) atoms. The van der Waals surface area contributed by atoms with Gasteiger partial charge in [-0.05, 0) is 13.3 Å². The van der Waals surface area contributed by atoms with Gasteiger partial charge in [-0.1, -0.05) is 0 Å². The molecule has 10 atom stereocenters. The predicted molar refractivity (Wildman–Crippen MR) is 84.9 cm³/mol. The van der Waals surface area contributed by atoms with Crippen molar-refractivity contribution >= 4 is 11.8 Å². The average molecular weight is 379 g/mol. The molecule has 1 aliphatic heterocycles. The summed E-state index contributed by atoms with van der Waals surface area (Å²) in [5, 5.41) is 57.8. The third-order valence-electron chi connectivity index (χ3n) is 4.64. The maximum absolute atomic E-state index is 10.8. The van der Waals surface area contributed by atoms with Crippen molar-refractivity contribution < 1.29 is 44.9 Å². The van der Waals surface area contributed by atoms with Crippen molar-refractivity contribution in [1.29, 1.82) is 0 Å². The van der Waals surface area contributed by atoms with Crippen LogP contribution in [0.2, 0.25) is 0 Å². The fourth-order valence-electron chi connectivity index (χ4n) is 3.02. The number of amidine groups is 1. The van der Waals surface area contributed by atoms with E-state index in [1.807, 2.05) is 0 Å². The van der Waals surface area contributed by atoms with Gasteiger partial charge in [0.1, 0.15) is 36.6 Å². The first-order valence-electron chi connectivity index (χ1n) is 8.08. The highest BCUT2D eigenvalue weighted by Crippen LogP contribution is 2.29. The number of aliphatic imine (C=N–C) groups is 1. The Kier molecular flexibility index (Phi) is 6.52. The molecular weight excluding hydrogens is 354 g/mol. The van der Waals surface area contributed by atoms with Gasteiger partial charge in [-0.3, -0.25) is 4.99 Å². The lowest BCUT2D eigenvalue weighted by Gasteiger charge is -2.45. The number of rotatable bonds is 3. The Bertz CT molecular complexity index is 532. The highest BCUT2D eigenvalue weighted by atomic mass is 16.7. The first-order chi connectivity index (χ1) is 12.0. The number of carbonyl (C=O) groups is 1. The van der Waals surface area contributed by atoms with E-state index in [9.17, 15) is 30.3 Å². The van der Waals surface area contributed by atoms with Gasteiger partial charge in [0.05, 0.1) is 18.2 Å². The van der Waals surface area contributed by atoms with E-state index in [1.54, 1.807) is 6.92 Å². The molecule has 2 fully saturated rings. The Morgan fingerprint density at radius 1 is 1.08 bits per heavy atom. The lowest BCUT2D eigenvalue weighted by atomic mass is 9.84. The van der Waals surface area contributed by atoms with Crippen molar-refractivity contribution in [3.05, 3.63) is 0 Å². The number of hydrogen-bond donors (Lipinski definition) is 8. The standard InChI is InChI=1S/C14H25N3O9/c1-3-5(17-12(16)13(23)24)2-4(15)14(25-3)26-11-9(21)7(19)6(18)8(20)10(11)22/h3-11,14,18-22H,2,15H2,1H3,(H2,16,17)(H,23,24)/t3-,4+,5+,6?,7+,8+,9-,10+,11?,14+/m1/s1. The summed E-state index contributed by atoms with van der Waals surface area (Å²) in [7, 11) is 0. The topological polar surface area (TPSA) is 221 Å². The van der Waals surface area contributed by atoms with Crippen LogP contribution in [0.5, 0.6) is 0 Å². The van der Waals surface area contributed by atoms with Gasteiger partial charge < -0.3 is 51.6 Å². The molecule has 1 saturated heterocycles. The van der Waals surface area contributed by atoms with Crippen molar-refractivity contribution in [1.82, 2.24) is 0 Å². The van der Waals surface area contributed by atoms with Crippen LogP contribution in [0.15, 0.2) is 4.99 Å². The highest BCUT2D eigenvalue weighted by Gasteiger charge is 2.50. The van der Waals surface area contributed by atoms with Crippen molar-refractivity contribution in [3.63, 3.8) is 0 Å². The first kappa shape index (κ1) is 20.9. The third-order valence-corrected chi connectivity index (χ3v) is 4.64. The molecule has 12 nitrogen and oxygen atoms in total. The second-order valence-electron chi connectivity index (χ2n) is 6.55. The van der Waals surface area contributed by atoms with Gasteiger partial charge in [-0.15, -0.1) is 0 Å². The Labute approximate surface area is 148 Å². The van der Waals surface area contributed by atoms with Gasteiger partial charge in [0.15, 0.2) is 6.29 Å². The second-order valence-corrected chi connectivity index (χ2v) is 6.55. The summed E-state index contributed by atoms with van der Waals surface area (Å²) in [4.78, 5) is 14.6. The highest BCUT2D eigenvalue weighted by molar-refractivity contribution is 6.33. The molecular formula is C14H25N3O9. The van der Waals surface area contributed by atoms with Crippen molar-refractivity contribution in [2.75, 3.05) is 0 Å². The van der Waals surface area contributed by atoms with Gasteiger partial charge in [-0.25, -0.2) is 4.79 Å².